The normalized spacial score (nSPS) is 11.1. The van der Waals surface area contributed by atoms with Gasteiger partial charge in [-0.3, -0.25) is 9.78 Å². The second-order valence-corrected chi connectivity index (χ2v) is 5.81. The zero-order valence-corrected chi connectivity index (χ0v) is 14.0. The van der Waals surface area contributed by atoms with Gasteiger partial charge in [0.2, 0.25) is 5.91 Å². The molecule has 0 saturated carbocycles. The predicted octanol–water partition coefficient (Wildman–Crippen LogP) is 3.12. The Labute approximate surface area is 140 Å². The van der Waals surface area contributed by atoms with E-state index in [4.69, 9.17) is 16.9 Å². The van der Waals surface area contributed by atoms with E-state index >= 15 is 0 Å². The van der Waals surface area contributed by atoms with Gasteiger partial charge in [-0.15, -0.1) is 0 Å². The van der Waals surface area contributed by atoms with Crippen molar-refractivity contribution in [2.24, 2.45) is 0 Å². The number of amides is 1. The molecule has 118 valence electrons. The van der Waals surface area contributed by atoms with Crippen molar-refractivity contribution in [3.8, 4) is 6.07 Å². The standard InChI is InChI=1S/C17H17ClN4O/c1-11-7-15-13(17(18)12(9-19)10-20-15)8-14(11)21-16(23)5-4-6-22(2)3/h4-5,7-8,10H,6H2,1-3H3,(H,21,23)/b5-4+. The van der Waals surface area contributed by atoms with Crippen LogP contribution in [0.3, 0.4) is 0 Å². The van der Waals surface area contributed by atoms with Gasteiger partial charge < -0.3 is 10.2 Å². The molecule has 0 bridgehead atoms. The number of fused-ring (bicyclic) bond motifs is 1. The minimum absolute atomic E-state index is 0.213. The van der Waals surface area contributed by atoms with E-state index in [1.807, 2.05) is 38.1 Å². The first-order chi connectivity index (χ1) is 10.9. The fraction of sp³-hybridized carbons (Fsp3) is 0.235. The number of rotatable bonds is 4. The number of aryl methyl sites for hydroxylation is 1. The van der Waals surface area contributed by atoms with E-state index in [1.165, 1.54) is 12.3 Å². The van der Waals surface area contributed by atoms with Crippen molar-refractivity contribution >= 4 is 34.1 Å². The molecule has 0 atom stereocenters. The first-order valence-electron chi connectivity index (χ1n) is 7.03. The van der Waals surface area contributed by atoms with E-state index in [1.54, 1.807) is 12.1 Å². The molecule has 0 saturated heterocycles. The third-order valence-electron chi connectivity index (χ3n) is 3.27. The molecule has 1 aromatic heterocycles. The van der Waals surface area contributed by atoms with Crippen LogP contribution in [-0.2, 0) is 4.79 Å². The van der Waals surface area contributed by atoms with E-state index in [2.05, 4.69) is 10.3 Å². The number of halogens is 1. The van der Waals surface area contributed by atoms with E-state index in [-0.39, 0.29) is 5.91 Å². The maximum absolute atomic E-state index is 12.0. The quantitative estimate of drug-likeness (QED) is 0.875. The maximum atomic E-state index is 12.0. The number of carbonyl (C=O) groups excluding carboxylic acids is 1. The number of hydrogen-bond donors (Lipinski definition) is 1. The lowest BCUT2D eigenvalue weighted by atomic mass is 10.1. The summed E-state index contributed by atoms with van der Waals surface area (Å²) in [5.74, 6) is -0.213. The fourth-order valence-electron chi connectivity index (χ4n) is 2.07. The third kappa shape index (κ3) is 4.07. The number of pyridine rings is 1. The largest absolute Gasteiger partial charge is 0.322 e. The Hall–Kier alpha value is -2.42. The van der Waals surface area contributed by atoms with Crippen LogP contribution in [0.4, 0.5) is 5.69 Å². The minimum atomic E-state index is -0.213. The van der Waals surface area contributed by atoms with Gasteiger partial charge in [0.1, 0.15) is 6.07 Å². The smallest absolute Gasteiger partial charge is 0.248 e. The topological polar surface area (TPSA) is 69.0 Å². The highest BCUT2D eigenvalue weighted by Gasteiger charge is 2.10. The van der Waals surface area contributed by atoms with Crippen LogP contribution in [0.2, 0.25) is 5.02 Å². The Morgan fingerprint density at radius 2 is 2.22 bits per heavy atom. The van der Waals surface area contributed by atoms with Crippen molar-refractivity contribution in [1.29, 1.82) is 5.26 Å². The summed E-state index contributed by atoms with van der Waals surface area (Å²) in [4.78, 5) is 18.2. The van der Waals surface area contributed by atoms with Crippen LogP contribution in [0, 0.1) is 18.3 Å². The van der Waals surface area contributed by atoms with Crippen LogP contribution < -0.4 is 5.32 Å². The molecule has 1 N–H and O–H groups in total. The molecule has 1 amide bonds. The predicted molar refractivity (Wildman–Crippen MR) is 92.5 cm³/mol. The molecule has 0 aliphatic carbocycles. The number of nitriles is 1. The number of nitrogens with one attached hydrogen (secondary N) is 1. The second kappa shape index (κ2) is 7.23. The summed E-state index contributed by atoms with van der Waals surface area (Å²) in [6.07, 6.45) is 4.73. The maximum Gasteiger partial charge on any atom is 0.248 e. The summed E-state index contributed by atoms with van der Waals surface area (Å²) in [5, 5.41) is 12.8. The average Bonchev–Trinajstić information content (AvgIpc) is 2.49. The van der Waals surface area contributed by atoms with Gasteiger partial charge in [0.05, 0.1) is 16.1 Å². The van der Waals surface area contributed by atoms with Gasteiger partial charge in [-0.1, -0.05) is 17.7 Å². The van der Waals surface area contributed by atoms with Crippen LogP contribution >= 0.6 is 11.6 Å². The molecule has 0 spiro atoms. The Morgan fingerprint density at radius 3 is 2.87 bits per heavy atom. The lowest BCUT2D eigenvalue weighted by Crippen LogP contribution is -2.13. The van der Waals surface area contributed by atoms with Crippen LogP contribution in [0.5, 0.6) is 0 Å². The SMILES string of the molecule is Cc1cc2ncc(C#N)c(Cl)c2cc1NC(=O)/C=C/CN(C)C. The second-order valence-electron chi connectivity index (χ2n) is 5.44. The molecular formula is C17H17ClN4O. The summed E-state index contributed by atoms with van der Waals surface area (Å²) in [5.41, 5.74) is 2.52. The number of aromatic nitrogens is 1. The number of carbonyl (C=O) groups is 1. The Bertz CT molecular complexity index is 821. The molecular weight excluding hydrogens is 312 g/mol. The van der Waals surface area contributed by atoms with Crippen LogP contribution in [0.15, 0.2) is 30.5 Å². The van der Waals surface area contributed by atoms with E-state index in [9.17, 15) is 4.79 Å². The zero-order chi connectivity index (χ0) is 17.0. The summed E-state index contributed by atoms with van der Waals surface area (Å²) >= 11 is 6.23. The summed E-state index contributed by atoms with van der Waals surface area (Å²) in [6, 6.07) is 5.59. The van der Waals surface area contributed by atoms with Crippen LogP contribution in [-0.4, -0.2) is 36.4 Å². The Morgan fingerprint density at radius 1 is 1.48 bits per heavy atom. The van der Waals surface area contributed by atoms with Crippen molar-refractivity contribution in [2.75, 3.05) is 26.0 Å². The zero-order valence-electron chi connectivity index (χ0n) is 13.2. The summed E-state index contributed by atoms with van der Waals surface area (Å²) in [6.45, 7) is 2.57. The molecule has 23 heavy (non-hydrogen) atoms. The van der Waals surface area contributed by atoms with Crippen LogP contribution in [0.1, 0.15) is 11.1 Å². The molecule has 0 radical (unpaired) electrons. The highest BCUT2D eigenvalue weighted by molar-refractivity contribution is 6.36. The first kappa shape index (κ1) is 16.9. The Balaban J connectivity index is 2.32. The first-order valence-corrected chi connectivity index (χ1v) is 7.41. The number of benzene rings is 1. The van der Waals surface area contributed by atoms with Crippen molar-refractivity contribution in [2.45, 2.75) is 6.92 Å². The van der Waals surface area contributed by atoms with Gasteiger partial charge in [0, 0.05) is 29.9 Å². The highest BCUT2D eigenvalue weighted by Crippen LogP contribution is 2.29. The number of hydrogen-bond acceptors (Lipinski definition) is 4. The molecule has 0 aliphatic heterocycles. The number of nitrogens with zero attached hydrogens (tertiary/aromatic N) is 3. The number of anilines is 1. The molecule has 1 aromatic carbocycles. The van der Waals surface area contributed by atoms with Gasteiger partial charge in [-0.2, -0.15) is 5.26 Å². The van der Waals surface area contributed by atoms with E-state index in [0.717, 1.165) is 5.56 Å². The molecule has 2 rings (SSSR count). The van der Waals surface area contributed by atoms with Crippen molar-refractivity contribution in [3.63, 3.8) is 0 Å². The lowest BCUT2D eigenvalue weighted by Gasteiger charge is -2.10. The molecule has 0 fully saturated rings. The molecule has 0 unspecified atom stereocenters. The third-order valence-corrected chi connectivity index (χ3v) is 3.67. The minimum Gasteiger partial charge on any atom is -0.322 e. The lowest BCUT2D eigenvalue weighted by molar-refractivity contribution is -0.111. The van der Waals surface area contributed by atoms with Gasteiger partial charge in [0.15, 0.2) is 0 Å². The Kier molecular flexibility index (Phi) is 5.32. The fourth-order valence-corrected chi connectivity index (χ4v) is 2.31. The van der Waals surface area contributed by atoms with Crippen molar-refractivity contribution in [1.82, 2.24) is 9.88 Å². The van der Waals surface area contributed by atoms with Gasteiger partial charge in [-0.05, 0) is 38.7 Å². The van der Waals surface area contributed by atoms with Crippen LogP contribution in [0.25, 0.3) is 10.9 Å². The van der Waals surface area contributed by atoms with E-state index < -0.39 is 0 Å². The molecule has 1 heterocycles. The highest BCUT2D eigenvalue weighted by atomic mass is 35.5. The van der Waals surface area contributed by atoms with Crippen molar-refractivity contribution < 1.29 is 4.79 Å². The van der Waals surface area contributed by atoms with Gasteiger partial charge in [-0.25, -0.2) is 0 Å². The monoisotopic (exact) mass is 328 g/mol. The number of likely N-dealkylation sites (N-methyl/N-ethyl adjacent to an activating group) is 1. The van der Waals surface area contributed by atoms with Crippen molar-refractivity contribution in [3.05, 3.63) is 46.6 Å². The summed E-state index contributed by atoms with van der Waals surface area (Å²) < 4.78 is 0. The summed E-state index contributed by atoms with van der Waals surface area (Å²) in [7, 11) is 3.86. The average molecular weight is 329 g/mol. The molecule has 2 aromatic rings. The van der Waals surface area contributed by atoms with Gasteiger partial charge >= 0.3 is 0 Å². The van der Waals surface area contributed by atoms with E-state index in [0.29, 0.717) is 33.7 Å². The molecule has 5 nitrogen and oxygen atoms in total. The van der Waals surface area contributed by atoms with Gasteiger partial charge in [0.25, 0.3) is 0 Å². The molecule has 0 aliphatic rings. The molecule has 6 heteroatoms.